The molecule has 0 saturated heterocycles. The third-order valence-corrected chi connectivity index (χ3v) is 2.44. The molecule has 1 amide bonds. The van der Waals surface area contributed by atoms with Gasteiger partial charge in [0.15, 0.2) is 5.57 Å². The van der Waals surface area contributed by atoms with E-state index in [4.69, 9.17) is 15.8 Å². The number of para-hydroxylation sites is 1. The number of hydrogen-bond acceptors (Lipinski definition) is 5. The predicted molar refractivity (Wildman–Crippen MR) is 76.5 cm³/mol. The Hall–Kier alpha value is -3.30. The number of nitrogens with one attached hydrogen (secondary N) is 2. The van der Waals surface area contributed by atoms with E-state index >= 15 is 0 Å². The Bertz CT molecular complexity index is 682. The summed E-state index contributed by atoms with van der Waals surface area (Å²) >= 11 is 0. The van der Waals surface area contributed by atoms with Gasteiger partial charge in [0.25, 0.3) is 5.91 Å². The monoisotopic (exact) mass is 279 g/mol. The molecule has 0 saturated carbocycles. The van der Waals surface area contributed by atoms with Crippen molar-refractivity contribution in [3.05, 3.63) is 41.1 Å². The third-order valence-electron chi connectivity index (χ3n) is 2.44. The number of hydrogen-bond donors (Lipinski definition) is 2. The lowest BCUT2D eigenvalue weighted by atomic mass is 10.1. The average Bonchev–Trinajstić information content (AvgIpc) is 2.47. The second-order valence-corrected chi connectivity index (χ2v) is 4.38. The molecule has 0 heterocycles. The van der Waals surface area contributed by atoms with Crippen LogP contribution in [0.5, 0.6) is 0 Å². The van der Waals surface area contributed by atoms with E-state index < -0.39 is 0 Å². The number of anilines is 1. The zero-order valence-corrected chi connectivity index (χ0v) is 11.6. The number of nitriles is 3. The van der Waals surface area contributed by atoms with Crippen LogP contribution >= 0.6 is 0 Å². The Balaban J connectivity index is 3.20. The summed E-state index contributed by atoms with van der Waals surface area (Å²) < 4.78 is 0. The maximum atomic E-state index is 12.1. The van der Waals surface area contributed by atoms with Crippen LogP contribution in [0.25, 0.3) is 0 Å². The number of allylic oxidation sites excluding steroid dienone is 2. The molecule has 0 unspecified atom stereocenters. The van der Waals surface area contributed by atoms with Gasteiger partial charge in [0.05, 0.1) is 11.3 Å². The summed E-state index contributed by atoms with van der Waals surface area (Å²) in [5, 5.41) is 32.0. The maximum Gasteiger partial charge on any atom is 0.253 e. The Morgan fingerprint density at radius 2 is 1.71 bits per heavy atom. The molecule has 0 spiro atoms. The molecule has 6 heteroatoms. The summed E-state index contributed by atoms with van der Waals surface area (Å²) in [6, 6.07) is 11.5. The van der Waals surface area contributed by atoms with Gasteiger partial charge in [-0.15, -0.1) is 0 Å². The number of amides is 1. The highest BCUT2D eigenvalue weighted by Gasteiger charge is 2.14. The minimum absolute atomic E-state index is 0.0367. The Kier molecular flexibility index (Phi) is 5.50. The van der Waals surface area contributed by atoms with Gasteiger partial charge < -0.3 is 10.6 Å². The van der Waals surface area contributed by atoms with Crippen molar-refractivity contribution in [1.29, 1.82) is 15.8 Å². The number of carbonyl (C=O) groups is 1. The fourth-order valence-corrected chi connectivity index (χ4v) is 1.55. The summed E-state index contributed by atoms with van der Waals surface area (Å²) in [6.45, 7) is 3.66. The summed E-state index contributed by atoms with van der Waals surface area (Å²) in [5.74, 6) is -0.305. The molecule has 0 fully saturated rings. The summed E-state index contributed by atoms with van der Waals surface area (Å²) in [7, 11) is 0. The minimum Gasteiger partial charge on any atom is -0.350 e. The molecular weight excluding hydrogens is 266 g/mol. The molecule has 0 aliphatic carbocycles. The van der Waals surface area contributed by atoms with E-state index in [1.165, 1.54) is 0 Å². The SMILES string of the molecule is CC(C)NC(=O)c1ccccc1NC(C#N)=C(C#N)C#N. The van der Waals surface area contributed by atoms with Gasteiger partial charge in [-0.25, -0.2) is 0 Å². The van der Waals surface area contributed by atoms with Crippen LogP contribution in [0.1, 0.15) is 24.2 Å². The molecule has 2 N–H and O–H groups in total. The zero-order valence-electron chi connectivity index (χ0n) is 11.6. The first kappa shape index (κ1) is 15.8. The Morgan fingerprint density at radius 3 is 2.24 bits per heavy atom. The summed E-state index contributed by atoms with van der Waals surface area (Å²) in [4.78, 5) is 12.1. The van der Waals surface area contributed by atoms with Crippen LogP contribution in [0.2, 0.25) is 0 Å². The van der Waals surface area contributed by atoms with Crippen LogP contribution in [0, 0.1) is 34.0 Å². The first-order valence-corrected chi connectivity index (χ1v) is 6.15. The van der Waals surface area contributed by atoms with Gasteiger partial charge in [0.1, 0.15) is 23.9 Å². The largest absolute Gasteiger partial charge is 0.350 e. The van der Waals surface area contributed by atoms with Crippen LogP contribution in [-0.2, 0) is 0 Å². The first-order chi connectivity index (χ1) is 10.0. The van der Waals surface area contributed by atoms with Crippen LogP contribution in [0.4, 0.5) is 5.69 Å². The van der Waals surface area contributed by atoms with E-state index in [0.717, 1.165) is 0 Å². The van der Waals surface area contributed by atoms with Gasteiger partial charge in [0, 0.05) is 6.04 Å². The van der Waals surface area contributed by atoms with Gasteiger partial charge in [0.2, 0.25) is 0 Å². The van der Waals surface area contributed by atoms with E-state index in [1.54, 1.807) is 42.5 Å². The van der Waals surface area contributed by atoms with Gasteiger partial charge in [-0.05, 0) is 26.0 Å². The number of rotatable bonds is 4. The van der Waals surface area contributed by atoms with Crippen molar-refractivity contribution >= 4 is 11.6 Å². The van der Waals surface area contributed by atoms with Crippen LogP contribution in [0.3, 0.4) is 0 Å². The van der Waals surface area contributed by atoms with Gasteiger partial charge in [-0.3, -0.25) is 4.79 Å². The molecule has 1 aromatic rings. The molecule has 0 aliphatic heterocycles. The molecule has 0 atom stereocenters. The van der Waals surface area contributed by atoms with Crippen LogP contribution < -0.4 is 10.6 Å². The number of benzene rings is 1. The quantitative estimate of drug-likeness (QED) is 0.819. The third kappa shape index (κ3) is 4.09. The first-order valence-electron chi connectivity index (χ1n) is 6.15. The molecule has 0 aliphatic rings. The van der Waals surface area contributed by atoms with E-state index in [9.17, 15) is 4.79 Å². The van der Waals surface area contributed by atoms with Crippen LogP contribution in [0.15, 0.2) is 35.5 Å². The van der Waals surface area contributed by atoms with Gasteiger partial charge in [-0.1, -0.05) is 12.1 Å². The van der Waals surface area contributed by atoms with E-state index in [0.29, 0.717) is 11.3 Å². The summed E-state index contributed by atoms with van der Waals surface area (Å²) in [5.41, 5.74) is 0.158. The lowest BCUT2D eigenvalue weighted by molar-refractivity contribution is 0.0944. The number of carbonyl (C=O) groups excluding carboxylic acids is 1. The van der Waals surface area contributed by atoms with Gasteiger partial charge >= 0.3 is 0 Å². The highest BCUT2D eigenvalue weighted by atomic mass is 16.1. The highest BCUT2D eigenvalue weighted by Crippen LogP contribution is 2.18. The van der Waals surface area contributed by atoms with Gasteiger partial charge in [-0.2, -0.15) is 15.8 Å². The molecule has 1 aromatic carbocycles. The fraction of sp³-hybridized carbons (Fsp3) is 0.200. The topological polar surface area (TPSA) is 112 Å². The highest BCUT2D eigenvalue weighted by molar-refractivity contribution is 6.00. The van der Waals surface area contributed by atoms with Crippen molar-refractivity contribution in [2.75, 3.05) is 5.32 Å². The van der Waals surface area contributed by atoms with Crippen molar-refractivity contribution in [2.24, 2.45) is 0 Å². The normalized spacial score (nSPS) is 8.95. The smallest absolute Gasteiger partial charge is 0.253 e. The number of nitrogens with zero attached hydrogens (tertiary/aromatic N) is 3. The zero-order chi connectivity index (χ0) is 15.8. The van der Waals surface area contributed by atoms with E-state index in [-0.39, 0.29) is 23.2 Å². The molecular formula is C15H13N5O. The van der Waals surface area contributed by atoms with Crippen molar-refractivity contribution in [2.45, 2.75) is 19.9 Å². The standard InChI is InChI=1S/C15H13N5O/c1-10(2)19-15(21)12-5-3-4-6-13(12)20-14(9-18)11(7-16)8-17/h3-6,10,20H,1-2H3,(H,19,21). The minimum atomic E-state index is -0.337. The second kappa shape index (κ2) is 7.33. The van der Waals surface area contributed by atoms with Crippen molar-refractivity contribution in [1.82, 2.24) is 5.32 Å². The maximum absolute atomic E-state index is 12.1. The summed E-state index contributed by atoms with van der Waals surface area (Å²) in [6.07, 6.45) is 0. The molecule has 0 bridgehead atoms. The molecule has 1 rings (SSSR count). The van der Waals surface area contributed by atoms with E-state index in [2.05, 4.69) is 10.6 Å². The second-order valence-electron chi connectivity index (χ2n) is 4.38. The Labute approximate surface area is 122 Å². The Morgan fingerprint density at radius 1 is 1.10 bits per heavy atom. The molecule has 0 radical (unpaired) electrons. The molecule has 6 nitrogen and oxygen atoms in total. The molecule has 104 valence electrons. The molecule has 21 heavy (non-hydrogen) atoms. The lowest BCUT2D eigenvalue weighted by Crippen LogP contribution is -2.30. The lowest BCUT2D eigenvalue weighted by Gasteiger charge is -2.13. The van der Waals surface area contributed by atoms with Crippen LogP contribution in [-0.4, -0.2) is 11.9 Å². The predicted octanol–water partition coefficient (Wildman–Crippen LogP) is 2.06. The van der Waals surface area contributed by atoms with Crippen molar-refractivity contribution in [3.8, 4) is 18.2 Å². The van der Waals surface area contributed by atoms with Crippen molar-refractivity contribution < 1.29 is 4.79 Å². The fourth-order valence-electron chi connectivity index (χ4n) is 1.55. The average molecular weight is 279 g/mol. The molecule has 0 aromatic heterocycles. The van der Waals surface area contributed by atoms with Crippen molar-refractivity contribution in [3.63, 3.8) is 0 Å². The van der Waals surface area contributed by atoms with E-state index in [1.807, 2.05) is 13.8 Å².